The van der Waals surface area contributed by atoms with Crippen LogP contribution in [0.4, 0.5) is 5.82 Å². The molecule has 7 nitrogen and oxygen atoms in total. The van der Waals surface area contributed by atoms with Crippen molar-refractivity contribution in [2.45, 2.75) is 39.5 Å². The Morgan fingerprint density at radius 1 is 0.967 bits per heavy atom. The van der Waals surface area contributed by atoms with E-state index in [0.29, 0.717) is 5.92 Å². The number of morpholine rings is 1. The molecule has 0 unspecified atom stereocenters. The van der Waals surface area contributed by atoms with E-state index in [-0.39, 0.29) is 0 Å². The fourth-order valence-electron chi connectivity index (χ4n) is 4.20. The summed E-state index contributed by atoms with van der Waals surface area (Å²) in [4.78, 5) is 16.5. The molecular formula is C23H31N5O2. The Balaban J connectivity index is 0.00000106. The minimum absolute atomic E-state index is 0.503. The van der Waals surface area contributed by atoms with E-state index in [0.717, 1.165) is 86.5 Å². The molecule has 5 heterocycles. The van der Waals surface area contributed by atoms with Crippen LogP contribution in [0.25, 0.3) is 16.9 Å². The second-order valence-corrected chi connectivity index (χ2v) is 7.45. The zero-order valence-electron chi connectivity index (χ0n) is 18.2. The number of anilines is 1. The fourth-order valence-corrected chi connectivity index (χ4v) is 4.20. The van der Waals surface area contributed by atoms with Crippen molar-refractivity contribution < 1.29 is 9.47 Å². The first-order valence-electron chi connectivity index (χ1n) is 11.0. The first-order valence-corrected chi connectivity index (χ1v) is 11.0. The van der Waals surface area contributed by atoms with Crippen LogP contribution in [0.2, 0.25) is 0 Å². The highest BCUT2D eigenvalue weighted by molar-refractivity contribution is 5.73. The van der Waals surface area contributed by atoms with Gasteiger partial charge in [0.25, 0.3) is 0 Å². The quantitative estimate of drug-likeness (QED) is 0.655. The van der Waals surface area contributed by atoms with Gasteiger partial charge >= 0.3 is 0 Å². The van der Waals surface area contributed by atoms with Crippen molar-refractivity contribution in [1.29, 1.82) is 0 Å². The third-order valence-corrected chi connectivity index (χ3v) is 5.71. The standard InChI is InChI=1S/C21H25N5O2.C2H6/c1-15-19(17-2-3-18(23-14-17)16-4-10-27-11-5-16)26-7-6-22-20(21(26)24-15)25-8-12-28-13-9-25;1-2/h2-3,6-7,14,16H,4-5,8-13H2,1H3;1-2H3. The van der Waals surface area contributed by atoms with E-state index in [9.17, 15) is 0 Å². The van der Waals surface area contributed by atoms with Crippen molar-refractivity contribution in [1.82, 2.24) is 19.4 Å². The van der Waals surface area contributed by atoms with Crippen LogP contribution in [0.5, 0.6) is 0 Å². The lowest BCUT2D eigenvalue weighted by atomic mass is 9.95. The van der Waals surface area contributed by atoms with Crippen LogP contribution < -0.4 is 4.90 Å². The number of hydrogen-bond donors (Lipinski definition) is 0. The first-order chi connectivity index (χ1) is 14.8. The van der Waals surface area contributed by atoms with Crippen LogP contribution in [-0.4, -0.2) is 58.9 Å². The van der Waals surface area contributed by atoms with Crippen molar-refractivity contribution in [3.05, 3.63) is 42.1 Å². The summed E-state index contributed by atoms with van der Waals surface area (Å²) in [5, 5.41) is 0. The Morgan fingerprint density at radius 3 is 2.40 bits per heavy atom. The number of nitrogens with zero attached hydrogens (tertiary/aromatic N) is 5. The molecule has 0 bridgehead atoms. The second kappa shape index (κ2) is 9.53. The number of hydrogen-bond acceptors (Lipinski definition) is 6. The van der Waals surface area contributed by atoms with E-state index in [1.165, 1.54) is 0 Å². The summed E-state index contributed by atoms with van der Waals surface area (Å²) < 4.78 is 13.1. The van der Waals surface area contributed by atoms with Crippen LogP contribution in [0, 0.1) is 6.92 Å². The van der Waals surface area contributed by atoms with Crippen LogP contribution >= 0.6 is 0 Å². The van der Waals surface area contributed by atoms with Gasteiger partial charge in [-0.15, -0.1) is 0 Å². The van der Waals surface area contributed by atoms with Crippen LogP contribution in [0.1, 0.15) is 44.0 Å². The van der Waals surface area contributed by atoms with E-state index in [1.54, 1.807) is 0 Å². The summed E-state index contributed by atoms with van der Waals surface area (Å²) in [5.41, 5.74) is 5.21. The second-order valence-electron chi connectivity index (χ2n) is 7.45. The number of aromatic nitrogens is 4. The van der Waals surface area contributed by atoms with Gasteiger partial charge in [-0.25, -0.2) is 9.97 Å². The van der Waals surface area contributed by atoms with Crippen molar-refractivity contribution in [2.24, 2.45) is 0 Å². The van der Waals surface area contributed by atoms with Gasteiger partial charge in [0.1, 0.15) is 0 Å². The van der Waals surface area contributed by atoms with Crippen molar-refractivity contribution in [2.75, 3.05) is 44.4 Å². The normalized spacial score (nSPS) is 17.6. The topological polar surface area (TPSA) is 64.8 Å². The van der Waals surface area contributed by atoms with E-state index < -0.39 is 0 Å². The number of aryl methyl sites for hydroxylation is 1. The van der Waals surface area contributed by atoms with Crippen molar-refractivity contribution in [3.8, 4) is 11.3 Å². The van der Waals surface area contributed by atoms with Gasteiger partial charge in [0, 0.05) is 62.1 Å². The minimum Gasteiger partial charge on any atom is -0.381 e. The molecule has 0 radical (unpaired) electrons. The monoisotopic (exact) mass is 409 g/mol. The Labute approximate surface area is 178 Å². The Morgan fingerprint density at radius 2 is 1.70 bits per heavy atom. The third kappa shape index (κ3) is 4.04. The molecule has 3 aromatic rings. The average molecular weight is 410 g/mol. The maximum absolute atomic E-state index is 5.48. The maximum Gasteiger partial charge on any atom is 0.181 e. The van der Waals surface area contributed by atoms with Crippen LogP contribution in [-0.2, 0) is 9.47 Å². The van der Waals surface area contributed by atoms with E-state index in [4.69, 9.17) is 19.4 Å². The number of imidazole rings is 1. The highest BCUT2D eigenvalue weighted by Gasteiger charge is 2.21. The smallest absolute Gasteiger partial charge is 0.181 e. The highest BCUT2D eigenvalue weighted by Crippen LogP contribution is 2.30. The molecule has 0 aliphatic carbocycles. The zero-order chi connectivity index (χ0) is 20.9. The molecule has 0 aromatic carbocycles. The molecule has 2 fully saturated rings. The van der Waals surface area contributed by atoms with Gasteiger partial charge in [-0.05, 0) is 31.9 Å². The first kappa shape index (κ1) is 20.8. The number of rotatable bonds is 3. The molecule has 2 aliphatic heterocycles. The summed E-state index contributed by atoms with van der Waals surface area (Å²) in [6.07, 6.45) is 7.93. The Hall–Kier alpha value is -2.51. The fraction of sp³-hybridized carbons (Fsp3) is 0.522. The molecule has 0 spiro atoms. The summed E-state index contributed by atoms with van der Waals surface area (Å²) in [6.45, 7) is 10.9. The molecule has 160 valence electrons. The molecule has 2 saturated heterocycles. The van der Waals surface area contributed by atoms with Gasteiger partial charge in [0.15, 0.2) is 11.5 Å². The van der Waals surface area contributed by atoms with Gasteiger partial charge in [-0.1, -0.05) is 13.8 Å². The van der Waals surface area contributed by atoms with Gasteiger partial charge < -0.3 is 14.4 Å². The summed E-state index contributed by atoms with van der Waals surface area (Å²) in [5.74, 6) is 1.43. The Kier molecular flexibility index (Phi) is 6.59. The lowest BCUT2D eigenvalue weighted by molar-refractivity contribution is 0.0845. The Bertz CT molecular complexity index is 958. The molecule has 30 heavy (non-hydrogen) atoms. The number of ether oxygens (including phenoxy) is 2. The highest BCUT2D eigenvalue weighted by atomic mass is 16.5. The molecule has 2 aliphatic rings. The van der Waals surface area contributed by atoms with E-state index in [2.05, 4.69) is 33.3 Å². The molecule has 0 amide bonds. The molecule has 7 heteroatoms. The average Bonchev–Trinajstić information content (AvgIpc) is 3.17. The summed E-state index contributed by atoms with van der Waals surface area (Å²) >= 11 is 0. The lowest BCUT2D eigenvalue weighted by Crippen LogP contribution is -2.37. The maximum atomic E-state index is 5.48. The molecule has 0 saturated carbocycles. The van der Waals surface area contributed by atoms with E-state index in [1.807, 2.05) is 32.4 Å². The van der Waals surface area contributed by atoms with Crippen molar-refractivity contribution >= 4 is 11.5 Å². The van der Waals surface area contributed by atoms with Gasteiger partial charge in [-0.3, -0.25) is 9.38 Å². The van der Waals surface area contributed by atoms with E-state index >= 15 is 0 Å². The lowest BCUT2D eigenvalue weighted by Gasteiger charge is -2.27. The summed E-state index contributed by atoms with van der Waals surface area (Å²) in [7, 11) is 0. The largest absolute Gasteiger partial charge is 0.381 e. The number of pyridine rings is 1. The predicted molar refractivity (Wildman–Crippen MR) is 118 cm³/mol. The SMILES string of the molecule is CC.Cc1nc2c(N3CCOCC3)nccn2c1-c1ccc(C2CCOCC2)nc1. The third-order valence-electron chi connectivity index (χ3n) is 5.71. The predicted octanol–water partition coefficient (Wildman–Crippen LogP) is 3.86. The molecular weight excluding hydrogens is 378 g/mol. The number of fused-ring (bicyclic) bond motifs is 1. The van der Waals surface area contributed by atoms with Crippen LogP contribution in [0.3, 0.4) is 0 Å². The molecule has 0 N–H and O–H groups in total. The molecule has 5 rings (SSSR count). The molecule has 3 aromatic heterocycles. The van der Waals surface area contributed by atoms with Crippen molar-refractivity contribution in [3.63, 3.8) is 0 Å². The zero-order valence-corrected chi connectivity index (χ0v) is 18.2. The van der Waals surface area contributed by atoms with Gasteiger partial charge in [0.05, 0.1) is 24.6 Å². The van der Waals surface area contributed by atoms with Crippen LogP contribution in [0.15, 0.2) is 30.7 Å². The van der Waals surface area contributed by atoms with Gasteiger partial charge in [-0.2, -0.15) is 0 Å². The molecule has 0 atom stereocenters. The minimum atomic E-state index is 0.503. The van der Waals surface area contributed by atoms with Gasteiger partial charge in [0.2, 0.25) is 0 Å². The summed E-state index contributed by atoms with van der Waals surface area (Å²) in [6, 6.07) is 4.33.